The summed E-state index contributed by atoms with van der Waals surface area (Å²) in [6.45, 7) is 11.3. The van der Waals surface area contributed by atoms with Crippen molar-refractivity contribution in [3.05, 3.63) is 34.4 Å². The molecule has 0 amide bonds. The van der Waals surface area contributed by atoms with Gasteiger partial charge in [0.25, 0.3) is 0 Å². The van der Waals surface area contributed by atoms with Crippen molar-refractivity contribution in [2.24, 2.45) is 0 Å². The van der Waals surface area contributed by atoms with Crippen LogP contribution in [-0.2, 0) is 39.1 Å². The highest BCUT2D eigenvalue weighted by molar-refractivity contribution is 7.47. The Morgan fingerprint density at radius 2 is 1.14 bits per heavy atom. The molecule has 1 aliphatic heterocycles. The van der Waals surface area contributed by atoms with Crippen LogP contribution in [0.25, 0.3) is 0 Å². The number of carbonyl (C=O) groups excluding carboxylic acids is 2. The van der Waals surface area contributed by atoms with E-state index in [0.29, 0.717) is 32.1 Å². The molecule has 1 heterocycles. The summed E-state index contributed by atoms with van der Waals surface area (Å²) >= 11 is 0. The van der Waals surface area contributed by atoms with Gasteiger partial charge >= 0.3 is 19.8 Å². The molecule has 2 unspecified atom stereocenters. The van der Waals surface area contributed by atoms with Gasteiger partial charge in [-0.1, -0.05) is 154 Å². The molecule has 2 N–H and O–H groups in total. The maximum atomic E-state index is 13.0. The fraction of sp³-hybridized carbons (Fsp3) is 0.808. The molecule has 0 saturated carbocycles. The van der Waals surface area contributed by atoms with Crippen LogP contribution in [0.4, 0.5) is 0 Å². The van der Waals surface area contributed by atoms with E-state index in [-0.39, 0.29) is 31.8 Å². The van der Waals surface area contributed by atoms with Gasteiger partial charge in [0.05, 0.1) is 13.2 Å². The van der Waals surface area contributed by atoms with E-state index in [1.54, 1.807) is 0 Å². The third-order valence-corrected chi connectivity index (χ3v) is 13.7. The van der Waals surface area contributed by atoms with E-state index in [9.17, 15) is 24.2 Å². The van der Waals surface area contributed by atoms with E-state index < -0.39 is 38.1 Å². The average Bonchev–Trinajstić information content (AvgIpc) is 3.25. The van der Waals surface area contributed by atoms with E-state index >= 15 is 0 Å². The number of fused-ring (bicyclic) bond motifs is 1. The summed E-state index contributed by atoms with van der Waals surface area (Å²) in [4.78, 5) is 36.2. The predicted molar refractivity (Wildman–Crippen MR) is 257 cm³/mol. The van der Waals surface area contributed by atoms with E-state index in [2.05, 4.69) is 26.0 Å². The second-order valence-corrected chi connectivity index (χ2v) is 20.0. The molecular weight excluding hydrogens is 816 g/mol. The van der Waals surface area contributed by atoms with Gasteiger partial charge in [-0.05, 0) is 95.8 Å². The highest BCUT2D eigenvalue weighted by atomic mass is 31.2. The number of unbranched alkanes of at least 4 members (excludes halogenated alkanes) is 23. The molecular formula is C52H91O10P. The molecule has 0 bridgehead atoms. The third-order valence-electron chi connectivity index (χ3n) is 12.8. The zero-order valence-corrected chi connectivity index (χ0v) is 41.8. The summed E-state index contributed by atoms with van der Waals surface area (Å²) < 4.78 is 41.3. The average molecular weight is 907 g/mol. The summed E-state index contributed by atoms with van der Waals surface area (Å²) in [5.41, 5.74) is 2.78. The van der Waals surface area contributed by atoms with Crippen molar-refractivity contribution in [1.29, 1.82) is 0 Å². The molecule has 0 spiro atoms. The lowest BCUT2D eigenvalue weighted by Gasteiger charge is -2.38. The minimum Gasteiger partial charge on any atom is -0.507 e. The van der Waals surface area contributed by atoms with E-state index in [1.807, 2.05) is 27.7 Å². The molecule has 3 atom stereocenters. The Morgan fingerprint density at radius 3 is 1.67 bits per heavy atom. The van der Waals surface area contributed by atoms with Crippen LogP contribution in [0.2, 0.25) is 0 Å². The van der Waals surface area contributed by atoms with Gasteiger partial charge < -0.3 is 24.2 Å². The number of hydrogen-bond donors (Lipinski definition) is 2. The SMILES string of the molecule is CCCCCCCC/C=C\CCCCCCCC(=O)OC[C@H](COP(=O)(O)OCCC1(C)CCc2c(C)c(O)c(C)c(C)c2O1)OC(=O)CCCCCCCCCCCCCCC. The number of esters is 2. The van der Waals surface area contributed by atoms with Crippen LogP contribution in [0.1, 0.15) is 236 Å². The number of rotatable bonds is 39. The molecule has 2 rings (SSSR count). The lowest BCUT2D eigenvalue weighted by Crippen LogP contribution is -2.38. The maximum Gasteiger partial charge on any atom is 0.472 e. The smallest absolute Gasteiger partial charge is 0.472 e. The largest absolute Gasteiger partial charge is 0.507 e. The molecule has 0 saturated heterocycles. The second-order valence-electron chi connectivity index (χ2n) is 18.6. The number of phenols is 1. The van der Waals surface area contributed by atoms with Crippen LogP contribution in [0.3, 0.4) is 0 Å². The number of phenolic OH excluding ortho intramolecular Hbond substituents is 1. The van der Waals surface area contributed by atoms with Crippen molar-refractivity contribution >= 4 is 19.8 Å². The van der Waals surface area contributed by atoms with Crippen molar-refractivity contribution < 1.29 is 47.4 Å². The molecule has 0 aromatic heterocycles. The van der Waals surface area contributed by atoms with Crippen LogP contribution in [0.5, 0.6) is 11.5 Å². The summed E-state index contributed by atoms with van der Waals surface area (Å²) in [6.07, 6.45) is 36.5. The van der Waals surface area contributed by atoms with Crippen LogP contribution < -0.4 is 4.74 Å². The minimum atomic E-state index is -4.55. The summed E-state index contributed by atoms with van der Waals surface area (Å²) in [5, 5.41) is 10.5. The first-order valence-electron chi connectivity index (χ1n) is 25.4. The number of aromatic hydroxyl groups is 1. The number of phosphoric acid groups is 1. The zero-order valence-electron chi connectivity index (χ0n) is 40.9. The van der Waals surface area contributed by atoms with Gasteiger partial charge in [-0.25, -0.2) is 4.57 Å². The molecule has 11 heteroatoms. The Kier molecular flexibility index (Phi) is 30.6. The molecule has 63 heavy (non-hydrogen) atoms. The second kappa shape index (κ2) is 34.0. The van der Waals surface area contributed by atoms with Gasteiger partial charge in [0, 0.05) is 24.8 Å². The normalized spacial score (nSPS) is 16.4. The Labute approximate surface area is 384 Å². The Morgan fingerprint density at radius 1 is 0.667 bits per heavy atom. The molecule has 1 aromatic rings. The summed E-state index contributed by atoms with van der Waals surface area (Å²) in [6, 6.07) is 0. The van der Waals surface area contributed by atoms with E-state index in [4.69, 9.17) is 23.3 Å². The highest BCUT2D eigenvalue weighted by Gasteiger charge is 2.36. The number of carbonyl (C=O) groups is 2. The topological polar surface area (TPSA) is 138 Å². The van der Waals surface area contributed by atoms with Crippen LogP contribution in [0.15, 0.2) is 12.2 Å². The molecule has 0 radical (unpaired) electrons. The summed E-state index contributed by atoms with van der Waals surface area (Å²) in [7, 11) is -4.55. The Balaban J connectivity index is 1.77. The first-order chi connectivity index (χ1) is 30.3. The maximum absolute atomic E-state index is 13.0. The molecule has 0 fully saturated rings. The lowest BCUT2D eigenvalue weighted by molar-refractivity contribution is -0.161. The summed E-state index contributed by atoms with van der Waals surface area (Å²) in [5.74, 6) is 0.185. The van der Waals surface area contributed by atoms with Crippen molar-refractivity contribution in [3.63, 3.8) is 0 Å². The fourth-order valence-corrected chi connectivity index (χ4v) is 9.06. The van der Waals surface area contributed by atoms with Crippen molar-refractivity contribution in [1.82, 2.24) is 0 Å². The first-order valence-corrected chi connectivity index (χ1v) is 26.9. The predicted octanol–water partition coefficient (Wildman–Crippen LogP) is 14.9. The molecule has 1 aromatic carbocycles. The van der Waals surface area contributed by atoms with Crippen molar-refractivity contribution in [3.8, 4) is 11.5 Å². The highest BCUT2D eigenvalue weighted by Crippen LogP contribution is 2.46. The van der Waals surface area contributed by atoms with Gasteiger partial charge in [-0.15, -0.1) is 0 Å². The monoisotopic (exact) mass is 907 g/mol. The molecule has 364 valence electrons. The van der Waals surface area contributed by atoms with Gasteiger partial charge in [0.2, 0.25) is 0 Å². The Hall–Kier alpha value is -2.39. The van der Waals surface area contributed by atoms with Gasteiger partial charge in [-0.3, -0.25) is 18.6 Å². The van der Waals surface area contributed by atoms with Crippen LogP contribution in [0, 0.1) is 20.8 Å². The minimum absolute atomic E-state index is 0.108. The van der Waals surface area contributed by atoms with Gasteiger partial charge in [0.15, 0.2) is 6.10 Å². The number of benzene rings is 1. The quantitative estimate of drug-likeness (QED) is 0.0284. The number of phosphoric ester groups is 1. The first kappa shape index (κ1) is 56.7. The van der Waals surface area contributed by atoms with E-state index in [1.165, 1.54) is 103 Å². The molecule has 10 nitrogen and oxygen atoms in total. The van der Waals surface area contributed by atoms with Crippen molar-refractivity contribution in [2.45, 2.75) is 252 Å². The number of hydrogen-bond acceptors (Lipinski definition) is 9. The standard InChI is InChI=1S/C52H91O10P/c1-7-9-11-13-15-17-19-21-22-24-25-27-29-31-33-35-48(53)58-41-46(61-49(54)36-34-32-30-28-26-23-20-18-16-14-12-10-8-2)42-60-63(56,57)59-40-39-52(6)38-37-47-45(5)50(55)43(3)44(4)51(47)62-52/h21-22,46,55H,7-20,23-42H2,1-6H3,(H,56,57)/b22-21-/t46-,52?/m1/s1. The number of ether oxygens (including phenoxy) is 3. The van der Waals surface area contributed by atoms with Crippen LogP contribution in [-0.4, -0.2) is 53.5 Å². The fourth-order valence-electron chi connectivity index (χ4n) is 8.31. The number of allylic oxidation sites excluding steroid dienone is 2. The van der Waals surface area contributed by atoms with Crippen molar-refractivity contribution in [2.75, 3.05) is 19.8 Å². The van der Waals surface area contributed by atoms with Gasteiger partial charge in [0.1, 0.15) is 23.7 Å². The lowest BCUT2D eigenvalue weighted by atomic mass is 9.86. The Bertz CT molecular complexity index is 1480. The zero-order chi connectivity index (χ0) is 46.2. The van der Waals surface area contributed by atoms with Gasteiger partial charge in [-0.2, -0.15) is 0 Å². The van der Waals surface area contributed by atoms with E-state index in [0.717, 1.165) is 79.4 Å². The third kappa shape index (κ3) is 25.8. The van der Waals surface area contributed by atoms with Crippen LogP contribution >= 0.6 is 7.82 Å². The molecule has 0 aliphatic carbocycles. The molecule has 1 aliphatic rings.